The van der Waals surface area contributed by atoms with Gasteiger partial charge in [0, 0.05) is 17.5 Å². The number of rotatable bonds is 4. The highest BCUT2D eigenvalue weighted by Gasteiger charge is 2.35. The number of hydrogen-bond acceptors (Lipinski definition) is 4. The third-order valence-electron chi connectivity index (χ3n) is 4.78. The van der Waals surface area contributed by atoms with Crippen molar-refractivity contribution in [3.63, 3.8) is 0 Å². The van der Waals surface area contributed by atoms with Gasteiger partial charge in [0.05, 0.1) is 12.3 Å². The Hall–Kier alpha value is -2.14. The maximum absolute atomic E-state index is 12.5. The van der Waals surface area contributed by atoms with E-state index in [1.165, 1.54) is 6.20 Å². The molecule has 2 unspecified atom stereocenters. The van der Waals surface area contributed by atoms with E-state index in [2.05, 4.69) is 10.5 Å². The molecule has 1 aromatic carbocycles. The van der Waals surface area contributed by atoms with Gasteiger partial charge in [0.25, 0.3) is 5.91 Å². The fourth-order valence-corrected chi connectivity index (χ4v) is 3.16. The number of nitrogens with one attached hydrogen (secondary N) is 1. The molecule has 5 nitrogen and oxygen atoms in total. The third kappa shape index (κ3) is 3.29. The smallest absolute Gasteiger partial charge is 0.256 e. The zero-order valence-electron chi connectivity index (χ0n) is 13.3. The van der Waals surface area contributed by atoms with Gasteiger partial charge in [-0.2, -0.15) is 0 Å². The van der Waals surface area contributed by atoms with Crippen molar-refractivity contribution in [1.29, 1.82) is 0 Å². The van der Waals surface area contributed by atoms with E-state index in [-0.39, 0.29) is 17.4 Å². The summed E-state index contributed by atoms with van der Waals surface area (Å²) in [5.74, 6) is 0.251. The van der Waals surface area contributed by atoms with Gasteiger partial charge in [-0.25, -0.2) is 0 Å². The predicted molar refractivity (Wildman–Crippen MR) is 86.9 cm³/mol. The number of aliphatic hydroxyl groups excluding tert-OH is 1. The fourth-order valence-electron chi connectivity index (χ4n) is 3.16. The third-order valence-corrected chi connectivity index (χ3v) is 4.78. The van der Waals surface area contributed by atoms with Gasteiger partial charge < -0.3 is 14.9 Å². The van der Waals surface area contributed by atoms with E-state index in [1.807, 2.05) is 37.3 Å². The number of hydrogen-bond donors (Lipinski definition) is 2. The lowest BCUT2D eigenvalue weighted by atomic mass is 9.73. The van der Waals surface area contributed by atoms with E-state index >= 15 is 0 Å². The van der Waals surface area contributed by atoms with Crippen LogP contribution in [-0.2, 0) is 0 Å². The molecular formula is C18H22N2O3. The van der Waals surface area contributed by atoms with Crippen LogP contribution >= 0.6 is 0 Å². The molecule has 2 aromatic rings. The van der Waals surface area contributed by atoms with Gasteiger partial charge in [0.1, 0.15) is 5.56 Å². The van der Waals surface area contributed by atoms with E-state index in [0.29, 0.717) is 17.9 Å². The molecule has 5 heteroatoms. The number of benzene rings is 1. The molecule has 1 amide bonds. The molecule has 1 aromatic heterocycles. The van der Waals surface area contributed by atoms with Crippen molar-refractivity contribution in [2.24, 2.45) is 5.41 Å². The highest BCUT2D eigenvalue weighted by atomic mass is 16.5. The van der Waals surface area contributed by atoms with Crippen LogP contribution in [-0.4, -0.2) is 28.8 Å². The SMILES string of the molecule is CC1(CNC(=O)c2cnoc2-c2ccccc2)CCCCC1O. The summed E-state index contributed by atoms with van der Waals surface area (Å²) in [6.45, 7) is 2.48. The Morgan fingerprint density at radius 2 is 2.17 bits per heavy atom. The summed E-state index contributed by atoms with van der Waals surface area (Å²) in [6, 6.07) is 9.44. The average Bonchev–Trinajstić information content (AvgIpc) is 3.06. The molecule has 0 radical (unpaired) electrons. The van der Waals surface area contributed by atoms with Crippen LogP contribution in [0.2, 0.25) is 0 Å². The lowest BCUT2D eigenvalue weighted by Gasteiger charge is -2.38. The van der Waals surface area contributed by atoms with Crippen LogP contribution < -0.4 is 5.32 Å². The number of amides is 1. The minimum absolute atomic E-state index is 0.218. The van der Waals surface area contributed by atoms with Crippen LogP contribution in [0.25, 0.3) is 11.3 Å². The normalized spacial score (nSPS) is 24.3. The molecule has 1 heterocycles. The highest BCUT2D eigenvalue weighted by molar-refractivity contribution is 5.99. The van der Waals surface area contributed by atoms with Crippen molar-refractivity contribution in [1.82, 2.24) is 10.5 Å². The lowest BCUT2D eigenvalue weighted by Crippen LogP contribution is -2.45. The molecule has 1 fully saturated rings. The Morgan fingerprint density at radius 3 is 2.91 bits per heavy atom. The molecular weight excluding hydrogens is 292 g/mol. The summed E-state index contributed by atoms with van der Waals surface area (Å²) in [6.07, 6.45) is 4.93. The van der Waals surface area contributed by atoms with Crippen LogP contribution in [0.1, 0.15) is 43.0 Å². The zero-order chi connectivity index (χ0) is 16.3. The summed E-state index contributed by atoms with van der Waals surface area (Å²) in [5, 5.41) is 16.9. The Kier molecular flexibility index (Phi) is 4.48. The molecule has 1 aliphatic rings. The first-order valence-corrected chi connectivity index (χ1v) is 8.06. The summed E-state index contributed by atoms with van der Waals surface area (Å²) < 4.78 is 5.25. The molecule has 2 N–H and O–H groups in total. The van der Waals surface area contributed by atoms with E-state index < -0.39 is 0 Å². The van der Waals surface area contributed by atoms with Crippen LogP contribution in [0.4, 0.5) is 0 Å². The summed E-state index contributed by atoms with van der Waals surface area (Å²) >= 11 is 0. The quantitative estimate of drug-likeness (QED) is 0.909. The minimum atomic E-state index is -0.368. The molecule has 0 bridgehead atoms. The van der Waals surface area contributed by atoms with E-state index in [0.717, 1.165) is 31.2 Å². The molecule has 1 aliphatic carbocycles. The second-order valence-electron chi connectivity index (χ2n) is 6.53. The predicted octanol–water partition coefficient (Wildman–Crippen LogP) is 3.01. The van der Waals surface area contributed by atoms with Gasteiger partial charge in [-0.1, -0.05) is 55.3 Å². The van der Waals surface area contributed by atoms with E-state index in [4.69, 9.17) is 4.52 Å². The van der Waals surface area contributed by atoms with Crippen LogP contribution in [0.3, 0.4) is 0 Å². The number of nitrogens with zero attached hydrogens (tertiary/aromatic N) is 1. The topological polar surface area (TPSA) is 75.4 Å². The summed E-state index contributed by atoms with van der Waals surface area (Å²) in [4.78, 5) is 12.5. The maximum Gasteiger partial charge on any atom is 0.256 e. The van der Waals surface area contributed by atoms with Crippen LogP contribution in [0.5, 0.6) is 0 Å². The van der Waals surface area contributed by atoms with Gasteiger partial charge in [-0.05, 0) is 12.8 Å². The fraction of sp³-hybridized carbons (Fsp3) is 0.444. The van der Waals surface area contributed by atoms with Gasteiger partial charge >= 0.3 is 0 Å². The number of carbonyl (C=O) groups excluding carboxylic acids is 1. The van der Waals surface area contributed by atoms with Gasteiger partial charge in [-0.3, -0.25) is 4.79 Å². The Bertz CT molecular complexity index is 668. The highest BCUT2D eigenvalue weighted by Crippen LogP contribution is 2.35. The van der Waals surface area contributed by atoms with Crippen molar-refractivity contribution in [3.05, 3.63) is 42.1 Å². The number of carbonyl (C=O) groups is 1. The maximum atomic E-state index is 12.5. The molecule has 3 rings (SSSR count). The van der Waals surface area contributed by atoms with Gasteiger partial charge in [-0.15, -0.1) is 0 Å². The molecule has 122 valence electrons. The molecule has 0 saturated heterocycles. The first kappa shape index (κ1) is 15.7. The Balaban J connectivity index is 1.71. The summed E-state index contributed by atoms with van der Waals surface area (Å²) in [5.41, 5.74) is 0.974. The minimum Gasteiger partial charge on any atom is -0.392 e. The molecule has 0 aliphatic heterocycles. The second kappa shape index (κ2) is 6.54. The number of aromatic nitrogens is 1. The standard InChI is InChI=1S/C18H22N2O3/c1-18(10-6-5-9-15(18)21)12-19-17(22)14-11-20-23-16(14)13-7-3-2-4-8-13/h2-4,7-8,11,15,21H,5-6,9-10,12H2,1H3,(H,19,22). The van der Waals surface area contributed by atoms with E-state index in [1.54, 1.807) is 0 Å². The first-order valence-electron chi connectivity index (χ1n) is 8.06. The van der Waals surface area contributed by atoms with Crippen molar-refractivity contribution in [3.8, 4) is 11.3 Å². The van der Waals surface area contributed by atoms with Crippen molar-refractivity contribution in [2.45, 2.75) is 38.7 Å². The Morgan fingerprint density at radius 1 is 1.39 bits per heavy atom. The van der Waals surface area contributed by atoms with Crippen LogP contribution in [0, 0.1) is 5.41 Å². The first-order chi connectivity index (χ1) is 11.1. The van der Waals surface area contributed by atoms with Crippen molar-refractivity contribution in [2.75, 3.05) is 6.54 Å². The summed E-state index contributed by atoms with van der Waals surface area (Å²) in [7, 11) is 0. The van der Waals surface area contributed by atoms with Gasteiger partial charge in [0.2, 0.25) is 0 Å². The molecule has 0 spiro atoms. The molecule has 23 heavy (non-hydrogen) atoms. The molecule has 2 atom stereocenters. The molecule has 1 saturated carbocycles. The zero-order valence-corrected chi connectivity index (χ0v) is 13.3. The van der Waals surface area contributed by atoms with Gasteiger partial charge in [0.15, 0.2) is 5.76 Å². The van der Waals surface area contributed by atoms with Crippen molar-refractivity contribution >= 4 is 5.91 Å². The monoisotopic (exact) mass is 314 g/mol. The lowest BCUT2D eigenvalue weighted by molar-refractivity contribution is 0.00191. The van der Waals surface area contributed by atoms with Crippen molar-refractivity contribution < 1.29 is 14.4 Å². The van der Waals surface area contributed by atoms with E-state index in [9.17, 15) is 9.90 Å². The largest absolute Gasteiger partial charge is 0.392 e. The van der Waals surface area contributed by atoms with Crippen LogP contribution in [0.15, 0.2) is 41.1 Å². The second-order valence-corrected chi connectivity index (χ2v) is 6.53. The Labute approximate surface area is 135 Å². The average molecular weight is 314 g/mol. The number of aliphatic hydroxyl groups is 1.